The molecule has 0 bridgehead atoms. The van der Waals surface area contributed by atoms with Gasteiger partial charge < -0.3 is 14.8 Å². The van der Waals surface area contributed by atoms with E-state index in [4.69, 9.17) is 14.3 Å². The number of carboxylic acid groups (broad SMARTS) is 1. The molecule has 1 saturated heterocycles. The van der Waals surface area contributed by atoms with Crippen LogP contribution in [0.1, 0.15) is 34.7 Å². The van der Waals surface area contributed by atoms with Crippen molar-refractivity contribution < 1.29 is 19.1 Å². The van der Waals surface area contributed by atoms with E-state index in [1.54, 1.807) is 12.4 Å². The van der Waals surface area contributed by atoms with Gasteiger partial charge in [0.25, 0.3) is 12.4 Å². The first-order valence-electron chi connectivity index (χ1n) is 8.25. The van der Waals surface area contributed by atoms with Crippen molar-refractivity contribution in [1.82, 2.24) is 20.4 Å². The van der Waals surface area contributed by atoms with Crippen LogP contribution in [0.5, 0.6) is 0 Å². The van der Waals surface area contributed by atoms with Crippen LogP contribution in [0, 0.1) is 12.8 Å². The Hall–Kier alpha value is -2.61. The molecule has 0 saturated carbocycles. The van der Waals surface area contributed by atoms with E-state index >= 15 is 0 Å². The first-order chi connectivity index (χ1) is 12.1. The van der Waals surface area contributed by atoms with Gasteiger partial charge in [0.15, 0.2) is 0 Å². The lowest BCUT2D eigenvalue weighted by Gasteiger charge is -2.31. The van der Waals surface area contributed by atoms with Crippen molar-refractivity contribution in [3.8, 4) is 0 Å². The van der Waals surface area contributed by atoms with Gasteiger partial charge in [0.05, 0.1) is 18.3 Å². The van der Waals surface area contributed by atoms with E-state index in [0.717, 1.165) is 50.5 Å². The summed E-state index contributed by atoms with van der Waals surface area (Å²) in [6.07, 6.45) is 5.36. The van der Waals surface area contributed by atoms with E-state index in [2.05, 4.69) is 20.4 Å². The molecule has 3 rings (SSSR count). The number of nitrogens with one attached hydrogen (secondary N) is 2. The molecule has 25 heavy (non-hydrogen) atoms. The number of carbonyl (C=O) groups excluding carboxylic acids is 1. The number of likely N-dealkylation sites (tertiary alicyclic amines) is 1. The number of furan rings is 1. The number of hydrogen-bond acceptors (Lipinski definition) is 5. The Morgan fingerprint density at radius 1 is 1.48 bits per heavy atom. The van der Waals surface area contributed by atoms with Crippen LogP contribution in [0.4, 0.5) is 0 Å². The minimum atomic E-state index is -0.250. The van der Waals surface area contributed by atoms with Crippen LogP contribution in [-0.2, 0) is 11.3 Å². The molecule has 3 N–H and O–H groups in total. The standard InChI is InChI=1S/C16H22N4O2.CH2O2/c1-12-2-3-15(22-12)11-20-6-4-13(5-7-20)8-17-16(21)14-9-18-19-10-14;2-1-3/h2-3,9-10,13H,4-8,11H2,1H3,(H,17,21)(H,18,19);1H,(H,2,3). The van der Waals surface area contributed by atoms with Crippen LogP contribution in [0.2, 0.25) is 0 Å². The van der Waals surface area contributed by atoms with E-state index in [1.165, 1.54) is 0 Å². The van der Waals surface area contributed by atoms with Crippen LogP contribution < -0.4 is 5.32 Å². The summed E-state index contributed by atoms with van der Waals surface area (Å²) in [5.41, 5.74) is 0.589. The minimum absolute atomic E-state index is 0.0535. The lowest BCUT2D eigenvalue weighted by molar-refractivity contribution is -0.122. The van der Waals surface area contributed by atoms with Gasteiger partial charge in [0.2, 0.25) is 0 Å². The Balaban J connectivity index is 0.000000701. The molecule has 0 radical (unpaired) electrons. The zero-order chi connectivity index (χ0) is 18.1. The quantitative estimate of drug-likeness (QED) is 0.709. The number of rotatable bonds is 5. The number of piperidine rings is 1. The Bertz CT molecular complexity index is 645. The highest BCUT2D eigenvalue weighted by molar-refractivity contribution is 5.93. The highest BCUT2D eigenvalue weighted by Gasteiger charge is 2.20. The molecule has 1 fully saturated rings. The number of H-pyrrole nitrogens is 1. The molecule has 1 aliphatic rings. The van der Waals surface area contributed by atoms with Gasteiger partial charge in [-0.15, -0.1) is 0 Å². The molecule has 0 aliphatic carbocycles. The number of carbonyl (C=O) groups is 2. The fourth-order valence-electron chi connectivity index (χ4n) is 2.85. The molecule has 1 amide bonds. The number of aryl methyl sites for hydroxylation is 1. The summed E-state index contributed by atoms with van der Waals surface area (Å²) < 4.78 is 5.63. The molecular weight excluding hydrogens is 324 g/mol. The lowest BCUT2D eigenvalue weighted by atomic mass is 9.96. The number of nitrogens with zero attached hydrogens (tertiary/aromatic N) is 2. The maximum Gasteiger partial charge on any atom is 0.290 e. The maximum atomic E-state index is 11.9. The average Bonchev–Trinajstić information content (AvgIpc) is 3.27. The first kappa shape index (κ1) is 18.7. The van der Waals surface area contributed by atoms with E-state index in [9.17, 15) is 4.79 Å². The van der Waals surface area contributed by atoms with Gasteiger partial charge in [-0.2, -0.15) is 5.10 Å². The Labute approximate surface area is 146 Å². The van der Waals surface area contributed by atoms with Crippen molar-refractivity contribution in [2.24, 2.45) is 5.92 Å². The average molecular weight is 348 g/mol. The molecule has 0 atom stereocenters. The third kappa shape index (κ3) is 6.07. The first-order valence-corrected chi connectivity index (χ1v) is 8.25. The maximum absolute atomic E-state index is 11.9. The van der Waals surface area contributed by atoms with Crippen LogP contribution >= 0.6 is 0 Å². The van der Waals surface area contributed by atoms with Crippen LogP contribution in [0.25, 0.3) is 0 Å². The van der Waals surface area contributed by atoms with E-state index < -0.39 is 0 Å². The molecule has 0 unspecified atom stereocenters. The zero-order valence-electron chi connectivity index (χ0n) is 14.3. The van der Waals surface area contributed by atoms with E-state index in [-0.39, 0.29) is 12.4 Å². The highest BCUT2D eigenvalue weighted by Crippen LogP contribution is 2.19. The fraction of sp³-hybridized carbons (Fsp3) is 0.471. The third-order valence-electron chi connectivity index (χ3n) is 4.19. The number of aromatic nitrogens is 2. The largest absolute Gasteiger partial charge is 0.483 e. The lowest BCUT2D eigenvalue weighted by Crippen LogP contribution is -2.38. The predicted octanol–water partition coefficient (Wildman–Crippen LogP) is 1.65. The van der Waals surface area contributed by atoms with Crippen molar-refractivity contribution >= 4 is 12.4 Å². The van der Waals surface area contributed by atoms with Crippen molar-refractivity contribution in [2.45, 2.75) is 26.3 Å². The second-order valence-electron chi connectivity index (χ2n) is 6.03. The van der Waals surface area contributed by atoms with Crippen LogP contribution in [0.15, 0.2) is 28.9 Å². The minimum Gasteiger partial charge on any atom is -0.483 e. The van der Waals surface area contributed by atoms with Gasteiger partial charge in [-0.3, -0.25) is 19.6 Å². The molecule has 3 heterocycles. The van der Waals surface area contributed by atoms with Crippen molar-refractivity contribution in [3.63, 3.8) is 0 Å². The van der Waals surface area contributed by atoms with Gasteiger partial charge in [-0.05, 0) is 50.9 Å². The normalized spacial score (nSPS) is 15.2. The molecule has 2 aromatic rings. The summed E-state index contributed by atoms with van der Waals surface area (Å²) in [6, 6.07) is 4.06. The molecule has 136 valence electrons. The Kier molecular flexibility index (Phi) is 7.21. The van der Waals surface area contributed by atoms with Gasteiger partial charge >= 0.3 is 0 Å². The monoisotopic (exact) mass is 348 g/mol. The van der Waals surface area contributed by atoms with E-state index in [1.807, 2.05) is 19.1 Å². The summed E-state index contributed by atoms with van der Waals surface area (Å²) >= 11 is 0. The fourth-order valence-corrected chi connectivity index (χ4v) is 2.85. The van der Waals surface area contributed by atoms with Crippen molar-refractivity contribution in [2.75, 3.05) is 19.6 Å². The van der Waals surface area contributed by atoms with Gasteiger partial charge in [-0.25, -0.2) is 0 Å². The summed E-state index contributed by atoms with van der Waals surface area (Å²) in [4.78, 5) is 22.6. The third-order valence-corrected chi connectivity index (χ3v) is 4.19. The Morgan fingerprint density at radius 2 is 2.20 bits per heavy atom. The number of amides is 1. The van der Waals surface area contributed by atoms with Gasteiger partial charge in [-0.1, -0.05) is 0 Å². The van der Waals surface area contributed by atoms with Crippen molar-refractivity contribution in [3.05, 3.63) is 41.6 Å². The Morgan fingerprint density at radius 3 is 2.76 bits per heavy atom. The number of hydrogen-bond donors (Lipinski definition) is 3. The molecule has 2 aromatic heterocycles. The van der Waals surface area contributed by atoms with E-state index in [0.29, 0.717) is 11.5 Å². The summed E-state index contributed by atoms with van der Waals surface area (Å²) in [6.45, 7) is 5.43. The molecular formula is C17H24N4O4. The molecule has 8 nitrogen and oxygen atoms in total. The topological polar surface area (TPSA) is 111 Å². The van der Waals surface area contributed by atoms with Crippen LogP contribution in [-0.4, -0.2) is 52.2 Å². The zero-order valence-corrected chi connectivity index (χ0v) is 14.3. The summed E-state index contributed by atoms with van der Waals surface area (Å²) in [5, 5.41) is 16.3. The van der Waals surface area contributed by atoms with Crippen LogP contribution in [0.3, 0.4) is 0 Å². The highest BCUT2D eigenvalue weighted by atomic mass is 16.3. The second-order valence-corrected chi connectivity index (χ2v) is 6.03. The van der Waals surface area contributed by atoms with Crippen molar-refractivity contribution in [1.29, 1.82) is 0 Å². The molecule has 8 heteroatoms. The number of aromatic amines is 1. The molecule has 0 aromatic carbocycles. The smallest absolute Gasteiger partial charge is 0.290 e. The summed E-state index contributed by atoms with van der Waals surface area (Å²) in [7, 11) is 0. The molecule has 0 spiro atoms. The molecule has 1 aliphatic heterocycles. The second kappa shape index (κ2) is 9.63. The van der Waals surface area contributed by atoms with Gasteiger partial charge in [0.1, 0.15) is 11.5 Å². The SMILES string of the molecule is Cc1ccc(CN2CCC(CNC(=O)c3cn[nH]c3)CC2)o1.O=CO. The predicted molar refractivity (Wildman–Crippen MR) is 91.1 cm³/mol. The summed E-state index contributed by atoms with van der Waals surface area (Å²) in [5.74, 6) is 2.49. The van der Waals surface area contributed by atoms with Gasteiger partial charge in [0, 0.05) is 12.7 Å².